The van der Waals surface area contributed by atoms with Crippen LogP contribution in [0.1, 0.15) is 32.3 Å². The highest BCUT2D eigenvalue weighted by atomic mass is 32.2. The van der Waals surface area contributed by atoms with E-state index in [1.807, 2.05) is 44.2 Å². The minimum atomic E-state index is -3.94. The van der Waals surface area contributed by atoms with E-state index in [9.17, 15) is 18.3 Å². The highest BCUT2D eigenvalue weighted by Gasteiger charge is 2.55. The number of benzene rings is 2. The molecule has 0 spiro atoms. The molecule has 3 aliphatic rings. The first-order valence-corrected chi connectivity index (χ1v) is 16.2. The van der Waals surface area contributed by atoms with Gasteiger partial charge in [0.05, 0.1) is 37.4 Å². The number of hydrogen-bond donors (Lipinski definition) is 2. The van der Waals surface area contributed by atoms with Crippen LogP contribution in [0.15, 0.2) is 59.5 Å². The molecule has 2 N–H and O–H groups in total. The Morgan fingerprint density at radius 2 is 1.83 bits per heavy atom. The Morgan fingerprint density at radius 1 is 1.10 bits per heavy atom. The lowest BCUT2D eigenvalue weighted by molar-refractivity contribution is -0.164. The zero-order chi connectivity index (χ0) is 29.9. The van der Waals surface area contributed by atoms with Crippen molar-refractivity contribution >= 4 is 16.1 Å². The summed E-state index contributed by atoms with van der Waals surface area (Å²) in [4.78, 5) is 13.4. The number of nitrogens with one attached hydrogen (secondary N) is 1. The van der Waals surface area contributed by atoms with Crippen LogP contribution in [0.3, 0.4) is 0 Å². The van der Waals surface area contributed by atoms with Crippen LogP contribution in [-0.4, -0.2) is 81.9 Å². The van der Waals surface area contributed by atoms with Gasteiger partial charge in [0, 0.05) is 24.9 Å². The molecule has 42 heavy (non-hydrogen) atoms. The molecule has 0 bridgehead atoms. The number of nitrogens with zero attached hydrogens (tertiary/aromatic N) is 1. The summed E-state index contributed by atoms with van der Waals surface area (Å²) >= 11 is 0. The van der Waals surface area contributed by atoms with Crippen LogP contribution in [0.4, 0.5) is 4.79 Å². The molecule has 0 aromatic heterocycles. The van der Waals surface area contributed by atoms with Crippen LogP contribution in [0.2, 0.25) is 0 Å². The van der Waals surface area contributed by atoms with E-state index in [-0.39, 0.29) is 48.1 Å². The van der Waals surface area contributed by atoms with Crippen LogP contribution >= 0.6 is 0 Å². The van der Waals surface area contributed by atoms with Crippen LogP contribution in [-0.2, 0) is 30.7 Å². The number of sulfonamides is 1. The van der Waals surface area contributed by atoms with E-state index < -0.39 is 28.3 Å². The molecule has 7 atom stereocenters. The van der Waals surface area contributed by atoms with E-state index in [2.05, 4.69) is 5.32 Å². The summed E-state index contributed by atoms with van der Waals surface area (Å²) in [6.07, 6.45) is -0.369. The molecule has 5 rings (SSSR count). The van der Waals surface area contributed by atoms with E-state index in [4.69, 9.17) is 18.9 Å². The summed E-state index contributed by atoms with van der Waals surface area (Å²) in [5, 5.41) is 14.4. The van der Waals surface area contributed by atoms with Crippen molar-refractivity contribution < 1.29 is 37.3 Å². The van der Waals surface area contributed by atoms with Crippen LogP contribution in [0.5, 0.6) is 5.75 Å². The van der Waals surface area contributed by atoms with Crippen LogP contribution < -0.4 is 10.1 Å². The zero-order valence-corrected chi connectivity index (χ0v) is 25.2. The van der Waals surface area contributed by atoms with Gasteiger partial charge in [-0.05, 0) is 60.9 Å². The summed E-state index contributed by atoms with van der Waals surface area (Å²) in [7, 11) is -2.42. The molecule has 2 aromatic rings. The van der Waals surface area contributed by atoms with Gasteiger partial charge in [-0.3, -0.25) is 0 Å². The van der Waals surface area contributed by atoms with E-state index in [1.165, 1.54) is 23.5 Å². The number of methoxy groups -OCH3 is 1. The summed E-state index contributed by atoms with van der Waals surface area (Å²) < 4.78 is 51.3. The van der Waals surface area contributed by atoms with Gasteiger partial charge in [0.2, 0.25) is 10.0 Å². The van der Waals surface area contributed by atoms with Crippen molar-refractivity contribution in [2.24, 2.45) is 23.7 Å². The standard InChI is InChI=1S/C31H42N2O8S/c1-20(2)17-33(42(36,37)24-11-9-23(38-3)10-12-24)18-27(34)26(15-21-7-5-4-6-8-21)32-31(35)41-28-16-22-13-14-39-30-29(22)25(28)19-40-30/h4-12,20,22,25-30,34H,13-19H2,1-3H3,(H,32,35)/t22-,25?,26-,27+,28+,29-,30+/m0/s1. The maximum Gasteiger partial charge on any atom is 0.407 e. The molecule has 230 valence electrons. The lowest BCUT2D eigenvalue weighted by atomic mass is 9.87. The fourth-order valence-corrected chi connectivity index (χ4v) is 8.13. The summed E-state index contributed by atoms with van der Waals surface area (Å²) in [6.45, 7) is 4.97. The van der Waals surface area contributed by atoms with Gasteiger partial charge in [0.25, 0.3) is 0 Å². The van der Waals surface area contributed by atoms with Crippen molar-refractivity contribution in [1.82, 2.24) is 9.62 Å². The summed E-state index contributed by atoms with van der Waals surface area (Å²) in [5.74, 6) is 1.26. The number of hydrogen-bond acceptors (Lipinski definition) is 8. The normalized spacial score (nSPS) is 26.6. The van der Waals surface area contributed by atoms with Crippen molar-refractivity contribution in [3.63, 3.8) is 0 Å². The van der Waals surface area contributed by atoms with Crippen molar-refractivity contribution in [3.8, 4) is 5.75 Å². The molecule has 2 saturated heterocycles. The molecule has 2 aromatic carbocycles. The third kappa shape index (κ3) is 6.92. The summed E-state index contributed by atoms with van der Waals surface area (Å²) in [5.41, 5.74) is 0.895. The molecule has 0 radical (unpaired) electrons. The Bertz CT molecular complexity index is 1290. The number of aliphatic hydroxyl groups is 1. The fraction of sp³-hybridized carbons (Fsp3) is 0.581. The zero-order valence-electron chi connectivity index (χ0n) is 24.4. The maximum absolute atomic E-state index is 13.7. The first-order chi connectivity index (χ1) is 20.2. The van der Waals surface area contributed by atoms with Gasteiger partial charge in [-0.25, -0.2) is 13.2 Å². The van der Waals surface area contributed by atoms with Gasteiger partial charge in [0.1, 0.15) is 11.9 Å². The molecule has 1 saturated carbocycles. The van der Waals surface area contributed by atoms with E-state index >= 15 is 0 Å². The molecule has 11 heteroatoms. The van der Waals surface area contributed by atoms with Crippen molar-refractivity contribution in [1.29, 1.82) is 0 Å². The third-order valence-electron chi connectivity index (χ3n) is 8.57. The first kappa shape index (κ1) is 30.7. The molecule has 10 nitrogen and oxygen atoms in total. The number of rotatable bonds is 12. The second kappa shape index (κ2) is 13.3. The lowest BCUT2D eigenvalue weighted by Gasteiger charge is -2.31. The SMILES string of the molecule is COc1ccc(S(=O)(=O)N(CC(C)C)C[C@@H](O)[C@H](Cc2ccccc2)NC(=O)O[C@@H]2C[C@@H]3CCO[C@@H]4OCC2[C@H]34)cc1. The fourth-order valence-electron chi connectivity index (χ4n) is 6.51. The molecular weight excluding hydrogens is 560 g/mol. The monoisotopic (exact) mass is 602 g/mol. The van der Waals surface area contributed by atoms with Gasteiger partial charge in [-0.15, -0.1) is 0 Å². The quantitative estimate of drug-likeness (QED) is 0.379. The number of ether oxygens (including phenoxy) is 4. The first-order valence-electron chi connectivity index (χ1n) is 14.7. The van der Waals surface area contributed by atoms with Gasteiger partial charge >= 0.3 is 6.09 Å². The Labute approximate surface area is 248 Å². The van der Waals surface area contributed by atoms with Gasteiger partial charge in [-0.1, -0.05) is 44.2 Å². The second-order valence-electron chi connectivity index (χ2n) is 11.9. The lowest BCUT2D eigenvalue weighted by Crippen LogP contribution is -2.51. The molecule has 1 aliphatic carbocycles. The number of carbonyl (C=O) groups excluding carboxylic acids is 1. The average Bonchev–Trinajstić information content (AvgIpc) is 3.57. The number of aliphatic hydroxyl groups excluding tert-OH is 1. The number of carbonyl (C=O) groups is 1. The second-order valence-corrected chi connectivity index (χ2v) is 13.9. The van der Waals surface area contributed by atoms with Crippen LogP contribution in [0.25, 0.3) is 0 Å². The molecule has 1 amide bonds. The Kier molecular flexibility index (Phi) is 9.74. The summed E-state index contributed by atoms with van der Waals surface area (Å²) in [6, 6.07) is 14.9. The largest absolute Gasteiger partial charge is 0.497 e. The Balaban J connectivity index is 1.31. The Hall–Kier alpha value is -2.70. The number of amides is 1. The maximum atomic E-state index is 13.7. The van der Waals surface area contributed by atoms with Gasteiger partial charge in [0.15, 0.2) is 6.29 Å². The predicted octanol–water partition coefficient (Wildman–Crippen LogP) is 3.44. The minimum absolute atomic E-state index is 0.00283. The smallest absolute Gasteiger partial charge is 0.407 e. The van der Waals surface area contributed by atoms with E-state index in [1.54, 1.807) is 12.1 Å². The average molecular weight is 603 g/mol. The topological polar surface area (TPSA) is 124 Å². The van der Waals surface area contributed by atoms with Crippen molar-refractivity contribution in [2.75, 3.05) is 33.4 Å². The predicted molar refractivity (Wildman–Crippen MR) is 155 cm³/mol. The van der Waals surface area contributed by atoms with Crippen molar-refractivity contribution in [3.05, 3.63) is 60.2 Å². The molecule has 2 aliphatic heterocycles. The van der Waals surface area contributed by atoms with E-state index in [0.29, 0.717) is 31.3 Å². The highest BCUT2D eigenvalue weighted by molar-refractivity contribution is 7.89. The van der Waals surface area contributed by atoms with Crippen molar-refractivity contribution in [2.45, 2.75) is 62.5 Å². The third-order valence-corrected chi connectivity index (χ3v) is 10.4. The molecule has 2 heterocycles. The minimum Gasteiger partial charge on any atom is -0.497 e. The van der Waals surface area contributed by atoms with Crippen LogP contribution in [0, 0.1) is 23.7 Å². The van der Waals surface area contributed by atoms with Gasteiger partial charge < -0.3 is 29.4 Å². The Morgan fingerprint density at radius 3 is 2.52 bits per heavy atom. The molecule has 1 unspecified atom stereocenters. The van der Waals surface area contributed by atoms with E-state index in [0.717, 1.165) is 18.4 Å². The molecular formula is C31H42N2O8S. The highest BCUT2D eigenvalue weighted by Crippen LogP contribution is 2.50. The number of alkyl carbamates (subject to hydrolysis) is 1. The molecule has 3 fully saturated rings. The van der Waals surface area contributed by atoms with Gasteiger partial charge in [-0.2, -0.15) is 4.31 Å².